The van der Waals surface area contributed by atoms with E-state index in [2.05, 4.69) is 39.5 Å². The van der Waals surface area contributed by atoms with E-state index in [1.165, 1.54) is 0 Å². The molecule has 0 amide bonds. The average molecular weight is 271 g/mol. The van der Waals surface area contributed by atoms with E-state index < -0.39 is 0 Å². The third kappa shape index (κ3) is 3.16. The van der Waals surface area contributed by atoms with Gasteiger partial charge in [-0.2, -0.15) is 0 Å². The van der Waals surface area contributed by atoms with Gasteiger partial charge in [0.25, 0.3) is 0 Å². The van der Waals surface area contributed by atoms with Crippen molar-refractivity contribution in [1.29, 1.82) is 0 Å². The predicted octanol–water partition coefficient (Wildman–Crippen LogP) is 2.92. The number of rotatable bonds is 4. The highest BCUT2D eigenvalue weighted by atomic mass is 32.1. The molecule has 0 unspecified atom stereocenters. The molecule has 1 rings (SSSR count). The number of thiocarbonyl (C=S) groups is 1. The van der Waals surface area contributed by atoms with Crippen LogP contribution in [0.3, 0.4) is 0 Å². The molecular weight excluding hydrogens is 250 g/mol. The van der Waals surface area contributed by atoms with Gasteiger partial charge in [0, 0.05) is 18.5 Å². The maximum absolute atomic E-state index is 5.79. The lowest BCUT2D eigenvalue weighted by molar-refractivity contribution is 0.571. The zero-order valence-corrected chi connectivity index (χ0v) is 12.8. The first kappa shape index (κ1) is 14.4. The highest BCUT2D eigenvalue weighted by Crippen LogP contribution is 2.33. The Morgan fingerprint density at radius 1 is 1.35 bits per heavy atom. The second kappa shape index (κ2) is 5.31. The van der Waals surface area contributed by atoms with Gasteiger partial charge < -0.3 is 10.6 Å². The molecule has 0 atom stereocenters. The van der Waals surface area contributed by atoms with Crippen LogP contribution >= 0.6 is 23.6 Å². The zero-order valence-electron chi connectivity index (χ0n) is 11.2. The number of nitrogens with two attached hydrogens (primary N) is 1. The van der Waals surface area contributed by atoms with Crippen LogP contribution in [0.5, 0.6) is 0 Å². The van der Waals surface area contributed by atoms with Crippen molar-refractivity contribution in [2.45, 2.75) is 40.0 Å². The molecule has 1 aromatic rings. The summed E-state index contributed by atoms with van der Waals surface area (Å²) in [6.45, 7) is 12.6. The van der Waals surface area contributed by atoms with Crippen molar-refractivity contribution >= 4 is 33.7 Å². The minimum absolute atomic E-state index is 0.0271. The third-order valence-corrected chi connectivity index (χ3v) is 4.07. The van der Waals surface area contributed by atoms with E-state index in [4.69, 9.17) is 22.9 Å². The molecule has 0 radical (unpaired) electrons. The number of hydrogen-bond donors (Lipinski definition) is 1. The number of hydrogen-bond acceptors (Lipinski definition) is 4. The molecule has 2 N–H and O–H groups in total. The summed E-state index contributed by atoms with van der Waals surface area (Å²) >= 11 is 6.72. The van der Waals surface area contributed by atoms with Crippen LogP contribution in [0.15, 0.2) is 0 Å². The molecular formula is C12H21N3S2. The molecule has 3 nitrogen and oxygen atoms in total. The summed E-state index contributed by atoms with van der Waals surface area (Å²) in [7, 11) is 0. The van der Waals surface area contributed by atoms with Crippen molar-refractivity contribution in [2.75, 3.05) is 18.0 Å². The smallest absolute Gasteiger partial charge is 0.186 e. The molecule has 1 heterocycles. The first-order valence-corrected chi connectivity index (χ1v) is 7.09. The Morgan fingerprint density at radius 3 is 2.18 bits per heavy atom. The van der Waals surface area contributed by atoms with Crippen molar-refractivity contribution < 1.29 is 0 Å². The highest BCUT2D eigenvalue weighted by molar-refractivity contribution is 7.81. The maximum Gasteiger partial charge on any atom is 0.186 e. The number of nitrogens with zero attached hydrogens (tertiary/aromatic N) is 2. The van der Waals surface area contributed by atoms with E-state index in [1.54, 1.807) is 11.3 Å². The van der Waals surface area contributed by atoms with Crippen LogP contribution in [0.2, 0.25) is 0 Å². The summed E-state index contributed by atoms with van der Waals surface area (Å²) in [5.41, 5.74) is 6.77. The van der Waals surface area contributed by atoms with Crippen LogP contribution in [0, 0.1) is 0 Å². The van der Waals surface area contributed by atoms with Crippen LogP contribution in [0.25, 0.3) is 0 Å². The fraction of sp³-hybridized carbons (Fsp3) is 0.667. The minimum atomic E-state index is -0.0271. The van der Waals surface area contributed by atoms with E-state index in [0.717, 1.165) is 28.8 Å². The summed E-state index contributed by atoms with van der Waals surface area (Å²) < 4.78 is 0. The number of thiazole rings is 1. The Bertz CT molecular complexity index is 400. The summed E-state index contributed by atoms with van der Waals surface area (Å²) in [4.78, 5) is 8.35. The van der Waals surface area contributed by atoms with Crippen LogP contribution < -0.4 is 10.6 Å². The third-order valence-electron chi connectivity index (χ3n) is 2.58. The molecule has 96 valence electrons. The van der Waals surface area contributed by atoms with Gasteiger partial charge in [0.2, 0.25) is 0 Å². The molecule has 0 saturated heterocycles. The van der Waals surface area contributed by atoms with Crippen LogP contribution in [0.1, 0.15) is 45.2 Å². The predicted molar refractivity (Wildman–Crippen MR) is 80.3 cm³/mol. The normalized spacial score (nSPS) is 11.6. The summed E-state index contributed by atoms with van der Waals surface area (Å²) in [5, 5.41) is 1.02. The van der Waals surface area contributed by atoms with E-state index in [-0.39, 0.29) is 5.41 Å². The molecule has 0 bridgehead atoms. The van der Waals surface area contributed by atoms with Crippen molar-refractivity contribution in [3.8, 4) is 0 Å². The highest BCUT2D eigenvalue weighted by Gasteiger charge is 2.25. The van der Waals surface area contributed by atoms with Gasteiger partial charge in [0.1, 0.15) is 4.99 Å². The van der Waals surface area contributed by atoms with Crippen molar-refractivity contribution in [1.82, 2.24) is 4.98 Å². The zero-order chi connectivity index (χ0) is 13.2. The Hall–Kier alpha value is -0.680. The fourth-order valence-electron chi connectivity index (χ4n) is 1.61. The average Bonchev–Trinajstić information content (AvgIpc) is 2.64. The lowest BCUT2D eigenvalue weighted by atomic mass is 9.91. The largest absolute Gasteiger partial charge is 0.389 e. The molecule has 0 aromatic carbocycles. The second-order valence-corrected chi connectivity index (χ2v) is 6.38. The first-order chi connectivity index (χ1) is 7.81. The molecule has 5 heteroatoms. The van der Waals surface area contributed by atoms with E-state index in [1.807, 2.05) is 0 Å². The van der Waals surface area contributed by atoms with Crippen LogP contribution in [-0.4, -0.2) is 23.1 Å². The minimum Gasteiger partial charge on any atom is -0.389 e. The molecule has 0 spiro atoms. The summed E-state index contributed by atoms with van der Waals surface area (Å²) in [6.07, 6.45) is 0. The van der Waals surface area contributed by atoms with Gasteiger partial charge in [-0.05, 0) is 13.8 Å². The lowest BCUT2D eigenvalue weighted by Gasteiger charge is -2.18. The van der Waals surface area contributed by atoms with E-state index >= 15 is 0 Å². The maximum atomic E-state index is 5.79. The molecule has 0 saturated carbocycles. The van der Waals surface area contributed by atoms with E-state index in [0.29, 0.717) is 4.99 Å². The van der Waals surface area contributed by atoms with E-state index in [9.17, 15) is 0 Å². The van der Waals surface area contributed by atoms with Gasteiger partial charge in [-0.1, -0.05) is 44.3 Å². The fourth-order valence-corrected chi connectivity index (χ4v) is 3.09. The summed E-state index contributed by atoms with van der Waals surface area (Å²) in [6, 6.07) is 0. The number of aromatic nitrogens is 1. The van der Waals surface area contributed by atoms with Crippen molar-refractivity contribution in [3.05, 3.63) is 10.6 Å². The van der Waals surface area contributed by atoms with Gasteiger partial charge in [0.05, 0.1) is 10.6 Å². The van der Waals surface area contributed by atoms with Gasteiger partial charge >= 0.3 is 0 Å². The Morgan fingerprint density at radius 2 is 1.88 bits per heavy atom. The molecule has 1 aromatic heterocycles. The first-order valence-electron chi connectivity index (χ1n) is 5.87. The monoisotopic (exact) mass is 271 g/mol. The molecule has 0 aliphatic carbocycles. The Kier molecular flexibility index (Phi) is 4.49. The SMILES string of the molecule is CCN(CC)c1nc(C(C)(C)C)c(C(N)=S)s1. The van der Waals surface area contributed by atoms with Gasteiger partial charge in [-0.3, -0.25) is 0 Å². The van der Waals surface area contributed by atoms with Crippen molar-refractivity contribution in [2.24, 2.45) is 5.73 Å². The molecule has 0 aliphatic rings. The standard InChI is InChI=1S/C12H21N3S2/c1-6-15(7-2)11-14-9(12(3,4)5)8(17-11)10(13)16/h6-7H2,1-5H3,(H2,13,16). The van der Waals surface area contributed by atoms with Gasteiger partial charge in [-0.15, -0.1) is 0 Å². The lowest BCUT2D eigenvalue weighted by Crippen LogP contribution is -2.22. The second-order valence-electron chi connectivity index (χ2n) is 4.96. The van der Waals surface area contributed by atoms with Gasteiger partial charge in [-0.25, -0.2) is 4.98 Å². The topological polar surface area (TPSA) is 42.2 Å². The summed E-state index contributed by atoms with van der Waals surface area (Å²) in [5.74, 6) is 0. The van der Waals surface area contributed by atoms with Crippen LogP contribution in [0.4, 0.5) is 5.13 Å². The quantitative estimate of drug-likeness (QED) is 0.855. The Labute approximate surface area is 113 Å². The molecule has 0 aliphatic heterocycles. The Balaban J connectivity index is 3.26. The van der Waals surface area contributed by atoms with Gasteiger partial charge in [0.15, 0.2) is 5.13 Å². The number of anilines is 1. The van der Waals surface area contributed by atoms with Crippen LogP contribution in [-0.2, 0) is 5.41 Å². The molecule has 17 heavy (non-hydrogen) atoms. The molecule has 0 fully saturated rings. The van der Waals surface area contributed by atoms with Crippen molar-refractivity contribution in [3.63, 3.8) is 0 Å².